The van der Waals surface area contributed by atoms with Gasteiger partial charge < -0.3 is 9.30 Å². The van der Waals surface area contributed by atoms with E-state index in [1.54, 1.807) is 12.3 Å². The van der Waals surface area contributed by atoms with Gasteiger partial charge in [0.15, 0.2) is 0 Å². The first-order chi connectivity index (χ1) is 14.6. The van der Waals surface area contributed by atoms with Crippen LogP contribution >= 0.6 is 0 Å². The molecule has 4 heterocycles. The van der Waals surface area contributed by atoms with Gasteiger partial charge >= 0.3 is 0 Å². The van der Waals surface area contributed by atoms with E-state index in [1.807, 2.05) is 31.5 Å². The third kappa shape index (κ3) is 3.29. The minimum Gasteiger partial charge on any atom is -0.378 e. The molecule has 1 aliphatic heterocycles. The van der Waals surface area contributed by atoms with Crippen molar-refractivity contribution >= 4 is 21.9 Å². The maximum Gasteiger partial charge on any atom is 0.116 e. The number of nitriles is 1. The van der Waals surface area contributed by atoms with Gasteiger partial charge in [0.25, 0.3) is 0 Å². The summed E-state index contributed by atoms with van der Waals surface area (Å²) in [6.45, 7) is 4.77. The van der Waals surface area contributed by atoms with Crippen molar-refractivity contribution in [3.63, 3.8) is 0 Å². The van der Waals surface area contributed by atoms with E-state index in [-0.39, 0.29) is 12.1 Å². The zero-order valence-electron chi connectivity index (χ0n) is 17.0. The highest BCUT2D eigenvalue weighted by Crippen LogP contribution is 2.34. The Morgan fingerprint density at radius 1 is 1.17 bits per heavy atom. The van der Waals surface area contributed by atoms with E-state index < -0.39 is 0 Å². The summed E-state index contributed by atoms with van der Waals surface area (Å²) in [6.07, 6.45) is 8.05. The summed E-state index contributed by atoms with van der Waals surface area (Å²) in [5.74, 6) is 0.943. The van der Waals surface area contributed by atoms with Crippen LogP contribution in [0.5, 0.6) is 0 Å². The second-order valence-electron chi connectivity index (χ2n) is 7.92. The van der Waals surface area contributed by atoms with E-state index in [0.29, 0.717) is 12.0 Å². The van der Waals surface area contributed by atoms with Crippen molar-refractivity contribution < 1.29 is 4.74 Å². The summed E-state index contributed by atoms with van der Waals surface area (Å²) >= 11 is 0. The fourth-order valence-electron chi connectivity index (χ4n) is 4.29. The Morgan fingerprint density at radius 2 is 2.07 bits per heavy atom. The van der Waals surface area contributed by atoms with Gasteiger partial charge in [0.05, 0.1) is 46.4 Å². The van der Waals surface area contributed by atoms with Crippen LogP contribution in [0.3, 0.4) is 0 Å². The maximum absolute atomic E-state index is 9.42. The van der Waals surface area contributed by atoms with Gasteiger partial charge in [-0.1, -0.05) is 0 Å². The van der Waals surface area contributed by atoms with Crippen LogP contribution in [-0.2, 0) is 11.2 Å². The molecule has 0 saturated carbocycles. The van der Waals surface area contributed by atoms with Crippen molar-refractivity contribution in [2.45, 2.75) is 45.3 Å². The van der Waals surface area contributed by atoms with E-state index in [0.717, 1.165) is 58.6 Å². The quantitative estimate of drug-likeness (QED) is 0.520. The van der Waals surface area contributed by atoms with Crippen LogP contribution in [0.1, 0.15) is 48.6 Å². The van der Waals surface area contributed by atoms with Gasteiger partial charge in [0.1, 0.15) is 11.3 Å². The lowest BCUT2D eigenvalue weighted by Gasteiger charge is -2.30. The molecule has 1 fully saturated rings. The van der Waals surface area contributed by atoms with Crippen LogP contribution in [0, 0.1) is 18.3 Å². The molecule has 0 N–H and O–H groups in total. The topological polar surface area (TPSA) is 89.5 Å². The first kappa shape index (κ1) is 18.6. The molecule has 4 aromatic rings. The minimum atomic E-state index is 0.191. The summed E-state index contributed by atoms with van der Waals surface area (Å²) in [4.78, 5) is 18.4. The average molecular weight is 398 g/mol. The Kier molecular flexibility index (Phi) is 4.64. The van der Waals surface area contributed by atoms with E-state index in [9.17, 15) is 5.26 Å². The van der Waals surface area contributed by atoms with Crippen LogP contribution in [0.4, 0.5) is 0 Å². The van der Waals surface area contributed by atoms with Crippen molar-refractivity contribution in [3.8, 4) is 6.07 Å². The Labute approximate surface area is 174 Å². The predicted molar refractivity (Wildman–Crippen MR) is 113 cm³/mol. The molecule has 3 aromatic heterocycles. The van der Waals surface area contributed by atoms with Gasteiger partial charge in [-0.2, -0.15) is 5.26 Å². The molecule has 0 amide bonds. The van der Waals surface area contributed by atoms with E-state index in [4.69, 9.17) is 9.72 Å². The van der Waals surface area contributed by atoms with Crippen molar-refractivity contribution in [1.29, 1.82) is 5.26 Å². The smallest absolute Gasteiger partial charge is 0.116 e. The highest BCUT2D eigenvalue weighted by Gasteiger charge is 2.26. The summed E-state index contributed by atoms with van der Waals surface area (Å²) < 4.78 is 8.14. The summed E-state index contributed by atoms with van der Waals surface area (Å²) in [6, 6.07) is 8.14. The third-order valence-corrected chi connectivity index (χ3v) is 5.71. The molecule has 1 aliphatic rings. The van der Waals surface area contributed by atoms with Gasteiger partial charge in [0.2, 0.25) is 0 Å². The van der Waals surface area contributed by atoms with E-state index >= 15 is 0 Å². The van der Waals surface area contributed by atoms with Crippen molar-refractivity contribution in [2.24, 2.45) is 0 Å². The van der Waals surface area contributed by atoms with Gasteiger partial charge in [-0.15, -0.1) is 0 Å². The van der Waals surface area contributed by atoms with Crippen LogP contribution in [0.25, 0.3) is 21.9 Å². The van der Waals surface area contributed by atoms with Crippen LogP contribution < -0.4 is 0 Å². The van der Waals surface area contributed by atoms with Crippen LogP contribution in [0.2, 0.25) is 0 Å². The number of aromatic nitrogens is 5. The first-order valence-corrected chi connectivity index (χ1v) is 10.2. The Bertz CT molecular complexity index is 1270. The molecule has 0 aliphatic carbocycles. The van der Waals surface area contributed by atoms with Crippen molar-refractivity contribution in [2.75, 3.05) is 6.61 Å². The van der Waals surface area contributed by atoms with Crippen molar-refractivity contribution in [3.05, 3.63) is 59.6 Å². The van der Waals surface area contributed by atoms with Crippen LogP contribution in [-0.4, -0.2) is 37.2 Å². The second kappa shape index (κ2) is 7.47. The standard InChI is InChI=1S/C23H22N6O/c1-14-11-26-17(12-25-14)9-22-28-21-13-27-20-4-3-16(10-24)8-19(20)23(21)29(22)18-5-6-30-15(2)7-18/h3-4,8,11-13,15,18H,5-7,9H2,1-2H3/t15-,18-/m1/s1. The zero-order chi connectivity index (χ0) is 20.7. The van der Waals surface area contributed by atoms with Gasteiger partial charge in [-0.3, -0.25) is 15.0 Å². The normalized spacial score (nSPS) is 19.2. The first-order valence-electron chi connectivity index (χ1n) is 10.2. The SMILES string of the molecule is Cc1cnc(Cc2nc3cnc4ccc(C#N)cc4c3n2[C@@H]2CCO[C@H](C)C2)cn1. The number of hydrogen-bond acceptors (Lipinski definition) is 6. The molecule has 1 aromatic carbocycles. The molecule has 0 spiro atoms. The highest BCUT2D eigenvalue weighted by molar-refractivity contribution is 6.02. The molecule has 0 unspecified atom stereocenters. The number of aryl methyl sites for hydroxylation is 1. The molecule has 7 nitrogen and oxygen atoms in total. The number of pyridine rings is 1. The number of fused-ring (bicyclic) bond motifs is 3. The summed E-state index contributed by atoms with van der Waals surface area (Å²) in [5, 5.41) is 10.4. The second-order valence-corrected chi connectivity index (χ2v) is 7.92. The fourth-order valence-corrected chi connectivity index (χ4v) is 4.29. The number of nitrogens with zero attached hydrogens (tertiary/aromatic N) is 6. The largest absolute Gasteiger partial charge is 0.378 e. The lowest BCUT2D eigenvalue weighted by Crippen LogP contribution is -2.26. The van der Waals surface area contributed by atoms with Gasteiger partial charge in [-0.05, 0) is 44.9 Å². The molecule has 150 valence electrons. The molecule has 0 bridgehead atoms. The van der Waals surface area contributed by atoms with Crippen molar-refractivity contribution in [1.82, 2.24) is 24.5 Å². The van der Waals surface area contributed by atoms with Crippen LogP contribution in [0.15, 0.2) is 36.8 Å². The fraction of sp³-hybridized carbons (Fsp3) is 0.348. The molecule has 1 saturated heterocycles. The number of hydrogen-bond donors (Lipinski definition) is 0. The molecule has 0 radical (unpaired) electrons. The molecule has 2 atom stereocenters. The zero-order valence-corrected chi connectivity index (χ0v) is 17.0. The average Bonchev–Trinajstić information content (AvgIpc) is 3.13. The predicted octanol–water partition coefficient (Wildman–Crippen LogP) is 3.89. The molecular weight excluding hydrogens is 376 g/mol. The Morgan fingerprint density at radius 3 is 2.83 bits per heavy atom. The summed E-state index contributed by atoms with van der Waals surface area (Å²) in [7, 11) is 0. The Hall–Kier alpha value is -3.37. The molecular formula is C23H22N6O. The van der Waals surface area contributed by atoms with Gasteiger partial charge in [-0.25, -0.2) is 4.98 Å². The number of imidazole rings is 1. The number of rotatable bonds is 3. The summed E-state index contributed by atoms with van der Waals surface area (Å²) in [5.41, 5.74) is 5.13. The third-order valence-electron chi connectivity index (χ3n) is 5.71. The van der Waals surface area contributed by atoms with E-state index in [1.165, 1.54) is 0 Å². The minimum absolute atomic E-state index is 0.191. The maximum atomic E-state index is 9.42. The molecule has 30 heavy (non-hydrogen) atoms. The van der Waals surface area contributed by atoms with E-state index in [2.05, 4.69) is 32.5 Å². The Balaban J connectivity index is 1.74. The number of benzene rings is 1. The molecule has 5 rings (SSSR count). The highest BCUT2D eigenvalue weighted by atomic mass is 16.5. The lowest BCUT2D eigenvalue weighted by atomic mass is 10.0. The number of ether oxygens (including phenoxy) is 1. The van der Waals surface area contributed by atoms with Gasteiger partial charge in [0, 0.05) is 36.8 Å². The lowest BCUT2D eigenvalue weighted by molar-refractivity contribution is 0.00631. The molecule has 7 heteroatoms. The monoisotopic (exact) mass is 398 g/mol.